The molecule has 0 aliphatic rings. The quantitative estimate of drug-likeness (QED) is 0.382. The van der Waals surface area contributed by atoms with E-state index in [1.807, 2.05) is 13.8 Å². The van der Waals surface area contributed by atoms with Gasteiger partial charge in [0, 0.05) is 26.2 Å². The zero-order valence-corrected chi connectivity index (χ0v) is 11.6. The molecule has 0 saturated carbocycles. The Hall–Kier alpha value is -0.620. The third kappa shape index (κ3) is 23.0. The molecule has 7 nitrogen and oxygen atoms in total. The van der Waals surface area contributed by atoms with Gasteiger partial charge >= 0.3 is 14.6 Å². The molecule has 9 heteroatoms. The highest BCUT2D eigenvalue weighted by Gasteiger charge is 2.19. The van der Waals surface area contributed by atoms with Gasteiger partial charge in [-0.2, -0.15) is 5.26 Å². The van der Waals surface area contributed by atoms with Gasteiger partial charge in [0.2, 0.25) is 0 Å². The standard InChI is InChI=1S/C10H20BNO3.BH3O3/c1-3-8-13-11(14-9-4-2)15-10-6-5-7-12;2-1(3)4/h3-6,8-10H2,1-2H3;2-4H. The summed E-state index contributed by atoms with van der Waals surface area (Å²) in [6.07, 6.45) is 3.10. The Kier molecular flexibility index (Phi) is 18.9. The lowest BCUT2D eigenvalue weighted by atomic mass is 10.2. The fourth-order valence-electron chi connectivity index (χ4n) is 0.903. The molecule has 0 heterocycles. The molecule has 0 saturated heterocycles. The summed E-state index contributed by atoms with van der Waals surface area (Å²) in [4.78, 5) is 0. The minimum atomic E-state index is -2.17. The number of unbranched alkanes of at least 4 members (excludes halogenated alkanes) is 1. The summed E-state index contributed by atoms with van der Waals surface area (Å²) in [5, 5.41) is 29.8. The molecule has 0 aromatic rings. The molecule has 0 aliphatic heterocycles. The summed E-state index contributed by atoms with van der Waals surface area (Å²) in [5.41, 5.74) is 0. The summed E-state index contributed by atoms with van der Waals surface area (Å²) in [6, 6.07) is 2.07. The highest BCUT2D eigenvalue weighted by molar-refractivity contribution is 6.36. The SMILES string of the molecule is CCCOB(OCCC)OCCCC#N.OB(O)O. The Morgan fingerprint density at radius 2 is 1.37 bits per heavy atom. The molecular weight excluding hydrogens is 252 g/mol. The fraction of sp³-hybridized carbons (Fsp3) is 0.900. The predicted octanol–water partition coefficient (Wildman–Crippen LogP) is 0.0931. The number of rotatable bonds is 10. The number of nitrogens with zero attached hydrogens (tertiary/aromatic N) is 1. The van der Waals surface area contributed by atoms with Crippen LogP contribution in [0, 0.1) is 11.3 Å². The minimum Gasteiger partial charge on any atom is -0.402 e. The van der Waals surface area contributed by atoms with Crippen LogP contribution in [0.2, 0.25) is 0 Å². The van der Waals surface area contributed by atoms with Gasteiger partial charge < -0.3 is 29.0 Å². The average molecular weight is 275 g/mol. The van der Waals surface area contributed by atoms with E-state index in [0.717, 1.165) is 19.3 Å². The van der Waals surface area contributed by atoms with E-state index < -0.39 is 14.6 Å². The first-order valence-corrected chi connectivity index (χ1v) is 6.34. The Bertz CT molecular complexity index is 204. The molecule has 0 spiro atoms. The van der Waals surface area contributed by atoms with Crippen molar-refractivity contribution in [3.05, 3.63) is 0 Å². The molecule has 0 fully saturated rings. The first-order valence-electron chi connectivity index (χ1n) is 6.34. The van der Waals surface area contributed by atoms with Crippen molar-refractivity contribution >= 4 is 14.6 Å². The van der Waals surface area contributed by atoms with E-state index in [9.17, 15) is 0 Å². The lowest BCUT2D eigenvalue weighted by molar-refractivity contribution is 0.0926. The number of hydrogen-bond acceptors (Lipinski definition) is 7. The molecule has 110 valence electrons. The lowest BCUT2D eigenvalue weighted by Gasteiger charge is -2.13. The van der Waals surface area contributed by atoms with Crippen LogP contribution >= 0.6 is 0 Å². The molecule has 0 aromatic heterocycles. The van der Waals surface area contributed by atoms with Crippen LogP contribution in [-0.2, 0) is 14.0 Å². The molecule has 3 N–H and O–H groups in total. The van der Waals surface area contributed by atoms with Crippen LogP contribution in [0.5, 0.6) is 0 Å². The Labute approximate surface area is 115 Å². The maximum atomic E-state index is 8.35. The van der Waals surface area contributed by atoms with Crippen molar-refractivity contribution in [2.45, 2.75) is 39.5 Å². The van der Waals surface area contributed by atoms with E-state index in [2.05, 4.69) is 6.07 Å². The van der Waals surface area contributed by atoms with Gasteiger partial charge in [-0.05, 0) is 19.3 Å². The molecule has 0 bridgehead atoms. The Morgan fingerprint density at radius 3 is 1.74 bits per heavy atom. The number of hydrogen-bond donors (Lipinski definition) is 3. The first-order chi connectivity index (χ1) is 9.08. The second kappa shape index (κ2) is 17.4. The summed E-state index contributed by atoms with van der Waals surface area (Å²) in [7, 11) is -2.73. The molecule has 0 aromatic carbocycles. The van der Waals surface area contributed by atoms with Crippen LogP contribution in [0.1, 0.15) is 39.5 Å². The van der Waals surface area contributed by atoms with Crippen molar-refractivity contribution in [3.63, 3.8) is 0 Å². The summed E-state index contributed by atoms with van der Waals surface area (Å²) < 4.78 is 16.0. The normalized spacial score (nSPS) is 9.26. The maximum Gasteiger partial charge on any atom is 0.639 e. The van der Waals surface area contributed by atoms with E-state index in [-0.39, 0.29) is 0 Å². The number of nitriles is 1. The van der Waals surface area contributed by atoms with Gasteiger partial charge in [-0.1, -0.05) is 13.8 Å². The second-order valence-electron chi connectivity index (χ2n) is 3.51. The first kappa shape index (κ1) is 20.7. The highest BCUT2D eigenvalue weighted by Crippen LogP contribution is 1.98. The van der Waals surface area contributed by atoms with Gasteiger partial charge in [-0.25, -0.2) is 0 Å². The topological polar surface area (TPSA) is 112 Å². The summed E-state index contributed by atoms with van der Waals surface area (Å²) >= 11 is 0. The van der Waals surface area contributed by atoms with Gasteiger partial charge in [0.1, 0.15) is 0 Å². The second-order valence-corrected chi connectivity index (χ2v) is 3.51. The maximum absolute atomic E-state index is 8.35. The Morgan fingerprint density at radius 1 is 0.947 bits per heavy atom. The Balaban J connectivity index is 0. The lowest BCUT2D eigenvalue weighted by Crippen LogP contribution is -2.28. The summed E-state index contributed by atoms with van der Waals surface area (Å²) in [5.74, 6) is 0. The van der Waals surface area contributed by atoms with Gasteiger partial charge in [0.05, 0.1) is 6.07 Å². The summed E-state index contributed by atoms with van der Waals surface area (Å²) in [6.45, 7) is 5.84. The molecule has 19 heavy (non-hydrogen) atoms. The van der Waals surface area contributed by atoms with Gasteiger partial charge in [-0.3, -0.25) is 0 Å². The van der Waals surface area contributed by atoms with E-state index in [4.69, 9.17) is 34.3 Å². The minimum absolute atomic E-state index is 0.506. The van der Waals surface area contributed by atoms with Crippen LogP contribution in [0.4, 0.5) is 0 Å². The van der Waals surface area contributed by atoms with Crippen LogP contribution in [0.25, 0.3) is 0 Å². The van der Waals surface area contributed by atoms with Crippen molar-refractivity contribution in [1.29, 1.82) is 5.26 Å². The largest absolute Gasteiger partial charge is 0.639 e. The third-order valence-corrected chi connectivity index (χ3v) is 1.60. The molecule has 0 aliphatic carbocycles. The van der Waals surface area contributed by atoms with Crippen molar-refractivity contribution < 1.29 is 29.0 Å². The van der Waals surface area contributed by atoms with Crippen molar-refractivity contribution in [3.8, 4) is 6.07 Å². The molecule has 0 unspecified atom stereocenters. The van der Waals surface area contributed by atoms with Crippen molar-refractivity contribution in [2.24, 2.45) is 0 Å². The van der Waals surface area contributed by atoms with Crippen LogP contribution in [0.15, 0.2) is 0 Å². The fourth-order valence-corrected chi connectivity index (χ4v) is 0.903. The van der Waals surface area contributed by atoms with E-state index in [1.54, 1.807) is 0 Å². The molecule has 0 atom stereocenters. The zero-order valence-electron chi connectivity index (χ0n) is 11.6. The van der Waals surface area contributed by atoms with Gasteiger partial charge in [0.25, 0.3) is 0 Å². The third-order valence-electron chi connectivity index (χ3n) is 1.60. The van der Waals surface area contributed by atoms with Crippen LogP contribution < -0.4 is 0 Å². The van der Waals surface area contributed by atoms with E-state index >= 15 is 0 Å². The van der Waals surface area contributed by atoms with Crippen molar-refractivity contribution in [1.82, 2.24) is 0 Å². The van der Waals surface area contributed by atoms with Gasteiger partial charge in [-0.15, -0.1) is 0 Å². The predicted molar refractivity (Wildman–Crippen MR) is 71.4 cm³/mol. The van der Waals surface area contributed by atoms with Crippen LogP contribution in [0.3, 0.4) is 0 Å². The average Bonchev–Trinajstić information content (AvgIpc) is 2.36. The molecule has 0 radical (unpaired) electrons. The molecule has 0 rings (SSSR count). The van der Waals surface area contributed by atoms with Gasteiger partial charge in [0.15, 0.2) is 0 Å². The molecule has 0 amide bonds. The zero-order chi connectivity index (χ0) is 14.9. The van der Waals surface area contributed by atoms with E-state index in [0.29, 0.717) is 26.2 Å². The van der Waals surface area contributed by atoms with Crippen molar-refractivity contribution in [2.75, 3.05) is 19.8 Å². The molecular formula is C10H23B2NO6. The van der Waals surface area contributed by atoms with E-state index in [1.165, 1.54) is 0 Å². The monoisotopic (exact) mass is 275 g/mol. The smallest absolute Gasteiger partial charge is 0.402 e. The van der Waals surface area contributed by atoms with Crippen LogP contribution in [-0.4, -0.2) is 49.5 Å². The highest BCUT2D eigenvalue weighted by atomic mass is 16.7.